The lowest BCUT2D eigenvalue weighted by atomic mass is 10.0. The van der Waals surface area contributed by atoms with E-state index >= 15 is 0 Å². The number of rotatable bonds is 7. The number of aromatic nitrogens is 1. The van der Waals surface area contributed by atoms with Crippen LogP contribution in [0.2, 0.25) is 0 Å². The second-order valence-electron chi connectivity index (χ2n) is 9.29. The molecule has 5 rings (SSSR count). The molecule has 184 valence electrons. The molecule has 1 atom stereocenters. The molecular weight excluding hydrogens is 442 g/mol. The quantitative estimate of drug-likeness (QED) is 0.497. The van der Waals surface area contributed by atoms with Crippen molar-refractivity contribution in [1.29, 1.82) is 0 Å². The monoisotopic (exact) mass is 475 g/mol. The first-order valence-corrected chi connectivity index (χ1v) is 12.4. The molecule has 2 saturated heterocycles. The molecule has 2 aromatic carbocycles. The Morgan fingerprint density at radius 1 is 0.943 bits per heavy atom. The van der Waals surface area contributed by atoms with E-state index in [-0.39, 0.29) is 11.9 Å². The molecule has 2 fully saturated rings. The SMILES string of the molecule is COc1cc(-c2cc(C(=O)N3CCCC3CN3CCCC3)c3ccccc3n2)cc(OC)c1OC. The minimum absolute atomic E-state index is 0.0824. The van der Waals surface area contributed by atoms with Crippen molar-refractivity contribution >= 4 is 16.8 Å². The fraction of sp³-hybridized carbons (Fsp3) is 0.429. The lowest BCUT2D eigenvalue weighted by molar-refractivity contribution is 0.0710. The van der Waals surface area contributed by atoms with Crippen LogP contribution in [0.4, 0.5) is 0 Å². The summed E-state index contributed by atoms with van der Waals surface area (Å²) in [4.78, 5) is 23.5. The number of carbonyl (C=O) groups excluding carboxylic acids is 1. The Morgan fingerprint density at radius 3 is 2.34 bits per heavy atom. The van der Waals surface area contributed by atoms with Gasteiger partial charge >= 0.3 is 0 Å². The highest BCUT2D eigenvalue weighted by atomic mass is 16.5. The topological polar surface area (TPSA) is 64.1 Å². The number of methoxy groups -OCH3 is 3. The van der Waals surface area contributed by atoms with Crippen LogP contribution in [0.1, 0.15) is 36.0 Å². The van der Waals surface area contributed by atoms with E-state index in [4.69, 9.17) is 19.2 Å². The van der Waals surface area contributed by atoms with E-state index in [0.29, 0.717) is 28.5 Å². The van der Waals surface area contributed by atoms with Gasteiger partial charge in [0.25, 0.3) is 5.91 Å². The number of pyridine rings is 1. The van der Waals surface area contributed by atoms with Crippen LogP contribution in [0.5, 0.6) is 17.2 Å². The van der Waals surface area contributed by atoms with Crippen molar-refractivity contribution in [3.63, 3.8) is 0 Å². The van der Waals surface area contributed by atoms with Crippen molar-refractivity contribution in [1.82, 2.24) is 14.8 Å². The van der Waals surface area contributed by atoms with Crippen LogP contribution in [0.25, 0.3) is 22.2 Å². The van der Waals surface area contributed by atoms with Gasteiger partial charge in [-0.05, 0) is 63.0 Å². The maximum atomic E-state index is 14.0. The smallest absolute Gasteiger partial charge is 0.254 e. The van der Waals surface area contributed by atoms with Crippen LogP contribution < -0.4 is 14.2 Å². The number of fused-ring (bicyclic) bond motifs is 1. The van der Waals surface area contributed by atoms with Crippen LogP contribution in [0.3, 0.4) is 0 Å². The maximum Gasteiger partial charge on any atom is 0.254 e. The van der Waals surface area contributed by atoms with Gasteiger partial charge in [-0.25, -0.2) is 4.98 Å². The minimum Gasteiger partial charge on any atom is -0.493 e. The van der Waals surface area contributed by atoms with Gasteiger partial charge in [0.05, 0.1) is 38.1 Å². The molecule has 35 heavy (non-hydrogen) atoms. The molecular formula is C28H33N3O4. The molecule has 0 spiro atoms. The number of nitrogens with zero attached hydrogens (tertiary/aromatic N) is 3. The summed E-state index contributed by atoms with van der Waals surface area (Å²) in [6.45, 7) is 4.05. The molecule has 0 N–H and O–H groups in total. The molecule has 1 amide bonds. The van der Waals surface area contributed by atoms with E-state index in [1.165, 1.54) is 12.8 Å². The van der Waals surface area contributed by atoms with E-state index in [2.05, 4.69) is 9.80 Å². The number of carbonyl (C=O) groups is 1. The zero-order valence-corrected chi connectivity index (χ0v) is 20.8. The van der Waals surface area contributed by atoms with Gasteiger partial charge in [-0.1, -0.05) is 18.2 Å². The van der Waals surface area contributed by atoms with Gasteiger partial charge in [0.1, 0.15) is 0 Å². The van der Waals surface area contributed by atoms with E-state index in [0.717, 1.165) is 55.5 Å². The van der Waals surface area contributed by atoms with Gasteiger partial charge < -0.3 is 24.0 Å². The number of benzene rings is 2. The number of para-hydroxylation sites is 1. The number of amides is 1. The summed E-state index contributed by atoms with van der Waals surface area (Å²) < 4.78 is 16.6. The zero-order chi connectivity index (χ0) is 24.4. The number of hydrogen-bond donors (Lipinski definition) is 0. The molecule has 2 aliphatic rings. The van der Waals surface area contributed by atoms with Crippen molar-refractivity contribution in [3.05, 3.63) is 48.0 Å². The third-order valence-corrected chi connectivity index (χ3v) is 7.21. The van der Waals surface area contributed by atoms with Crippen LogP contribution >= 0.6 is 0 Å². The van der Waals surface area contributed by atoms with E-state index in [1.807, 2.05) is 42.5 Å². The molecule has 0 bridgehead atoms. The first-order chi connectivity index (χ1) is 17.1. The molecule has 0 radical (unpaired) electrons. The molecule has 3 aromatic rings. The predicted octanol–water partition coefficient (Wildman–Crippen LogP) is 4.63. The standard InChI is InChI=1S/C28H33N3O4/c1-33-25-15-19(16-26(34-2)27(25)35-3)24-17-22(21-10-4-5-11-23(21)29-24)28(32)31-14-8-9-20(31)18-30-12-6-7-13-30/h4-5,10-11,15-17,20H,6-9,12-14,18H2,1-3H3. The largest absolute Gasteiger partial charge is 0.493 e. The molecule has 1 unspecified atom stereocenters. The maximum absolute atomic E-state index is 14.0. The van der Waals surface area contributed by atoms with Crippen LogP contribution in [0, 0.1) is 0 Å². The summed E-state index contributed by atoms with van der Waals surface area (Å²) in [5.41, 5.74) is 2.97. The summed E-state index contributed by atoms with van der Waals surface area (Å²) in [7, 11) is 4.77. The van der Waals surface area contributed by atoms with Gasteiger partial charge in [0.2, 0.25) is 5.75 Å². The van der Waals surface area contributed by atoms with Crippen molar-refractivity contribution in [2.45, 2.75) is 31.7 Å². The third kappa shape index (κ3) is 4.52. The zero-order valence-electron chi connectivity index (χ0n) is 20.8. The van der Waals surface area contributed by atoms with Crippen molar-refractivity contribution in [3.8, 4) is 28.5 Å². The highest BCUT2D eigenvalue weighted by Gasteiger charge is 2.32. The Labute approximate surface area is 206 Å². The second-order valence-corrected chi connectivity index (χ2v) is 9.29. The Bertz CT molecular complexity index is 1200. The van der Waals surface area contributed by atoms with Crippen molar-refractivity contribution in [2.75, 3.05) is 47.5 Å². The number of likely N-dealkylation sites (tertiary alicyclic amines) is 2. The second kappa shape index (κ2) is 10.1. The van der Waals surface area contributed by atoms with Gasteiger partial charge in [0, 0.05) is 30.1 Å². The summed E-state index contributed by atoms with van der Waals surface area (Å²) in [5, 5.41) is 0.875. The highest BCUT2D eigenvalue weighted by molar-refractivity contribution is 6.07. The molecule has 7 nitrogen and oxygen atoms in total. The molecule has 0 saturated carbocycles. The first kappa shape index (κ1) is 23.4. The number of ether oxygens (including phenoxy) is 3. The van der Waals surface area contributed by atoms with Crippen molar-refractivity contribution < 1.29 is 19.0 Å². The predicted molar refractivity (Wildman–Crippen MR) is 137 cm³/mol. The Morgan fingerprint density at radius 2 is 1.66 bits per heavy atom. The van der Waals surface area contributed by atoms with Crippen LogP contribution in [-0.4, -0.2) is 74.2 Å². The highest BCUT2D eigenvalue weighted by Crippen LogP contribution is 2.41. The lowest BCUT2D eigenvalue weighted by Gasteiger charge is -2.29. The summed E-state index contributed by atoms with van der Waals surface area (Å²) >= 11 is 0. The van der Waals surface area contributed by atoms with E-state index < -0.39 is 0 Å². The fourth-order valence-corrected chi connectivity index (χ4v) is 5.44. The van der Waals surface area contributed by atoms with Crippen LogP contribution in [-0.2, 0) is 0 Å². The van der Waals surface area contributed by atoms with Gasteiger partial charge in [-0.15, -0.1) is 0 Å². The first-order valence-electron chi connectivity index (χ1n) is 12.4. The molecule has 1 aromatic heterocycles. The minimum atomic E-state index is 0.0824. The average molecular weight is 476 g/mol. The fourth-order valence-electron chi connectivity index (χ4n) is 5.44. The summed E-state index contributed by atoms with van der Waals surface area (Å²) in [5.74, 6) is 1.71. The summed E-state index contributed by atoms with van der Waals surface area (Å²) in [6, 6.07) is 13.8. The van der Waals surface area contributed by atoms with Crippen LogP contribution in [0.15, 0.2) is 42.5 Å². The van der Waals surface area contributed by atoms with Gasteiger partial charge in [0.15, 0.2) is 11.5 Å². The third-order valence-electron chi connectivity index (χ3n) is 7.21. The van der Waals surface area contributed by atoms with Gasteiger partial charge in [-0.3, -0.25) is 4.79 Å². The lowest BCUT2D eigenvalue weighted by Crippen LogP contribution is -2.42. The van der Waals surface area contributed by atoms with E-state index in [9.17, 15) is 4.79 Å². The Kier molecular flexibility index (Phi) is 6.77. The number of hydrogen-bond acceptors (Lipinski definition) is 6. The molecule has 2 aliphatic heterocycles. The average Bonchev–Trinajstić information content (AvgIpc) is 3.59. The van der Waals surface area contributed by atoms with Crippen molar-refractivity contribution in [2.24, 2.45) is 0 Å². The van der Waals surface area contributed by atoms with E-state index in [1.54, 1.807) is 21.3 Å². The molecule has 7 heteroatoms. The normalized spacial score (nSPS) is 18.3. The molecule has 3 heterocycles. The molecule has 0 aliphatic carbocycles. The Hall–Kier alpha value is -3.32. The Balaban J connectivity index is 1.56. The summed E-state index contributed by atoms with van der Waals surface area (Å²) in [6.07, 6.45) is 4.62. The van der Waals surface area contributed by atoms with Gasteiger partial charge in [-0.2, -0.15) is 0 Å².